The molecule has 2 aromatic rings. The molecule has 14 heavy (non-hydrogen) atoms. The van der Waals surface area contributed by atoms with Crippen LogP contribution in [0.25, 0.3) is 10.8 Å². The second-order valence-electron chi connectivity index (χ2n) is 3.60. The summed E-state index contributed by atoms with van der Waals surface area (Å²) in [4.78, 5) is 2.00. The van der Waals surface area contributed by atoms with Gasteiger partial charge in [0, 0.05) is 0 Å². The maximum absolute atomic E-state index is 3.15. The number of rotatable bonds is 0. The van der Waals surface area contributed by atoms with Gasteiger partial charge >= 0.3 is 0 Å². The van der Waals surface area contributed by atoms with E-state index in [1.54, 1.807) is 0 Å². The molecule has 0 aliphatic heterocycles. The second kappa shape index (κ2) is 5.40. The number of nitrogens with zero attached hydrogens (tertiary/aromatic N) is 1. The summed E-state index contributed by atoms with van der Waals surface area (Å²) in [6.45, 7) is 0. The van der Waals surface area contributed by atoms with Gasteiger partial charge in [-0.3, -0.25) is 0 Å². The van der Waals surface area contributed by atoms with Gasteiger partial charge in [0.15, 0.2) is 0 Å². The summed E-state index contributed by atoms with van der Waals surface area (Å²) >= 11 is 0. The van der Waals surface area contributed by atoms with E-state index in [4.69, 9.17) is 0 Å². The van der Waals surface area contributed by atoms with Crippen molar-refractivity contribution in [1.29, 1.82) is 0 Å². The Morgan fingerprint density at radius 2 is 1.50 bits per heavy atom. The fourth-order valence-electron chi connectivity index (χ4n) is 1.06. The summed E-state index contributed by atoms with van der Waals surface area (Å²) in [7, 11) is 6.00. The monoisotopic (exact) mass is 186 g/mol. The normalized spacial score (nSPS) is 9.71. The van der Waals surface area contributed by atoms with E-state index >= 15 is 0 Å². The Hall–Kier alpha value is -1.34. The fraction of sp³-hybridized carbons (Fsp3) is 0.231. The third-order valence-corrected chi connectivity index (χ3v) is 1.57. The van der Waals surface area contributed by atoms with Gasteiger partial charge in [-0.1, -0.05) is 42.5 Å². The number of fused-ring (bicyclic) bond motifs is 1. The predicted octanol–water partition coefficient (Wildman–Crippen LogP) is 2.82. The number of hydrogen-bond acceptors (Lipinski definition) is 1. The molecule has 0 N–H and O–H groups in total. The van der Waals surface area contributed by atoms with E-state index in [0.717, 1.165) is 0 Å². The van der Waals surface area contributed by atoms with Crippen molar-refractivity contribution in [2.24, 2.45) is 0 Å². The highest BCUT2D eigenvalue weighted by molar-refractivity contribution is 5.81. The molecule has 1 radical (unpaired) electrons. The SMILES string of the molecule is CN(C)C.[c]1cccc2ccccc12. The molecule has 73 valence electrons. The molecule has 2 rings (SSSR count). The molecule has 1 nitrogen and oxygen atoms in total. The molecule has 0 bridgehead atoms. The molecule has 0 heterocycles. The van der Waals surface area contributed by atoms with Gasteiger partial charge in [0.05, 0.1) is 0 Å². The maximum Gasteiger partial charge on any atom is -0.00992 e. The molecule has 1 heteroatoms. The van der Waals surface area contributed by atoms with Crippen LogP contribution in [0.1, 0.15) is 0 Å². The molecular weight excluding hydrogens is 170 g/mol. The lowest BCUT2D eigenvalue weighted by Crippen LogP contribution is -1.99. The van der Waals surface area contributed by atoms with Crippen molar-refractivity contribution >= 4 is 10.8 Å². The summed E-state index contributed by atoms with van der Waals surface area (Å²) in [6.07, 6.45) is 0. The largest absolute Gasteiger partial charge is 0.312 e. The van der Waals surface area contributed by atoms with Gasteiger partial charge in [-0.05, 0) is 38.0 Å². The summed E-state index contributed by atoms with van der Waals surface area (Å²) in [5.41, 5.74) is 0. The molecule has 0 saturated heterocycles. The zero-order valence-electron chi connectivity index (χ0n) is 8.99. The first-order valence-electron chi connectivity index (χ1n) is 4.66. The van der Waals surface area contributed by atoms with Crippen molar-refractivity contribution in [3.63, 3.8) is 0 Å². The third-order valence-electron chi connectivity index (χ3n) is 1.57. The molecule has 0 aliphatic rings. The van der Waals surface area contributed by atoms with Gasteiger partial charge in [0.1, 0.15) is 0 Å². The minimum Gasteiger partial charge on any atom is -0.312 e. The van der Waals surface area contributed by atoms with Crippen molar-refractivity contribution < 1.29 is 0 Å². The molecule has 0 aromatic heterocycles. The maximum atomic E-state index is 3.15. The van der Waals surface area contributed by atoms with Crippen LogP contribution in [0.15, 0.2) is 42.5 Å². The highest BCUT2D eigenvalue weighted by Crippen LogP contribution is 2.10. The fourth-order valence-corrected chi connectivity index (χ4v) is 1.06. The van der Waals surface area contributed by atoms with Crippen LogP contribution in [0.3, 0.4) is 0 Å². The van der Waals surface area contributed by atoms with Crippen molar-refractivity contribution in [1.82, 2.24) is 4.90 Å². The molecular formula is C13H16N. The highest BCUT2D eigenvalue weighted by Gasteiger charge is 1.85. The molecule has 0 aliphatic carbocycles. The lowest BCUT2D eigenvalue weighted by Gasteiger charge is -1.91. The first kappa shape index (κ1) is 10.7. The van der Waals surface area contributed by atoms with E-state index in [-0.39, 0.29) is 0 Å². The van der Waals surface area contributed by atoms with Crippen molar-refractivity contribution in [3.8, 4) is 0 Å². The van der Waals surface area contributed by atoms with E-state index in [1.165, 1.54) is 10.8 Å². The Kier molecular flexibility index (Phi) is 4.14. The minimum atomic E-state index is 1.19. The van der Waals surface area contributed by atoms with Crippen LogP contribution in [0.5, 0.6) is 0 Å². The van der Waals surface area contributed by atoms with Crippen LogP contribution >= 0.6 is 0 Å². The standard InChI is InChI=1S/C10H7.C3H9N/c1-2-6-10-8-4-3-7-9(10)5-1;1-4(2)3/h1-7H;1-3H3. The number of benzene rings is 2. The second-order valence-corrected chi connectivity index (χ2v) is 3.60. The smallest absolute Gasteiger partial charge is 0.00992 e. The van der Waals surface area contributed by atoms with Crippen LogP contribution in [0.2, 0.25) is 0 Å². The predicted molar refractivity (Wildman–Crippen MR) is 62.4 cm³/mol. The van der Waals surface area contributed by atoms with E-state index in [9.17, 15) is 0 Å². The van der Waals surface area contributed by atoms with Crippen molar-refractivity contribution in [2.75, 3.05) is 21.1 Å². The average Bonchev–Trinajstić information content (AvgIpc) is 2.17. The molecule has 0 fully saturated rings. The van der Waals surface area contributed by atoms with E-state index in [0.29, 0.717) is 0 Å². The van der Waals surface area contributed by atoms with Crippen LogP contribution in [-0.4, -0.2) is 26.0 Å². The third kappa shape index (κ3) is 3.58. The molecule has 0 spiro atoms. The van der Waals surface area contributed by atoms with Gasteiger partial charge in [-0.25, -0.2) is 0 Å². The zero-order valence-corrected chi connectivity index (χ0v) is 8.99. The zero-order chi connectivity index (χ0) is 10.4. The quantitative estimate of drug-likeness (QED) is 0.611. The van der Waals surface area contributed by atoms with Gasteiger partial charge in [0.25, 0.3) is 0 Å². The summed E-state index contributed by atoms with van der Waals surface area (Å²) in [6, 6.07) is 17.4. The molecule has 2 aromatic carbocycles. The Morgan fingerprint density at radius 1 is 0.929 bits per heavy atom. The van der Waals surface area contributed by atoms with Crippen LogP contribution in [0, 0.1) is 6.07 Å². The van der Waals surface area contributed by atoms with Crippen LogP contribution in [-0.2, 0) is 0 Å². The highest BCUT2D eigenvalue weighted by atomic mass is 15.0. The Bertz CT molecular complexity index is 311. The van der Waals surface area contributed by atoms with Gasteiger partial charge < -0.3 is 4.90 Å². The molecule has 0 saturated carbocycles. The van der Waals surface area contributed by atoms with Gasteiger partial charge in [-0.2, -0.15) is 0 Å². The van der Waals surface area contributed by atoms with Crippen LogP contribution in [0.4, 0.5) is 0 Å². The summed E-state index contributed by atoms with van der Waals surface area (Å²) < 4.78 is 0. The van der Waals surface area contributed by atoms with Crippen molar-refractivity contribution in [2.45, 2.75) is 0 Å². The molecule has 0 atom stereocenters. The average molecular weight is 186 g/mol. The Morgan fingerprint density at radius 3 is 2.14 bits per heavy atom. The van der Waals surface area contributed by atoms with E-state index in [2.05, 4.69) is 24.3 Å². The van der Waals surface area contributed by atoms with E-state index < -0.39 is 0 Å². The first-order valence-corrected chi connectivity index (χ1v) is 4.66. The lowest BCUT2D eigenvalue weighted by molar-refractivity contribution is 0.505. The topological polar surface area (TPSA) is 3.24 Å². The molecule has 0 unspecified atom stereocenters. The van der Waals surface area contributed by atoms with Crippen LogP contribution < -0.4 is 0 Å². The minimum absolute atomic E-state index is 1.19. The van der Waals surface area contributed by atoms with E-state index in [1.807, 2.05) is 50.3 Å². The molecule has 0 amide bonds. The summed E-state index contributed by atoms with van der Waals surface area (Å²) in [5.74, 6) is 0. The first-order chi connectivity index (χ1) is 6.70. The van der Waals surface area contributed by atoms with Gasteiger partial charge in [0.2, 0.25) is 0 Å². The Balaban J connectivity index is 0.000000213. The van der Waals surface area contributed by atoms with Crippen molar-refractivity contribution in [3.05, 3.63) is 48.5 Å². The Labute approximate surface area is 86.0 Å². The lowest BCUT2D eigenvalue weighted by atomic mass is 10.1. The van der Waals surface area contributed by atoms with Gasteiger partial charge in [-0.15, -0.1) is 0 Å². The number of hydrogen-bond donors (Lipinski definition) is 0. The summed E-state index contributed by atoms with van der Waals surface area (Å²) in [5, 5.41) is 2.44.